The Bertz CT molecular complexity index is 920. The van der Waals surface area contributed by atoms with Crippen LogP contribution in [-0.2, 0) is 4.74 Å². The molecule has 0 saturated heterocycles. The van der Waals surface area contributed by atoms with Gasteiger partial charge in [-0.05, 0) is 31.2 Å². The quantitative estimate of drug-likeness (QED) is 0.748. The molecule has 0 aliphatic rings. The van der Waals surface area contributed by atoms with Crippen molar-refractivity contribution >= 4 is 23.3 Å². The number of benzene rings is 1. The van der Waals surface area contributed by atoms with Gasteiger partial charge < -0.3 is 10.1 Å². The molecule has 0 aliphatic carbocycles. The number of hydrogen-bond donors (Lipinski definition) is 1. The van der Waals surface area contributed by atoms with Gasteiger partial charge in [0.25, 0.3) is 5.91 Å². The number of nitrogens with one attached hydrogen (secondary N) is 1. The molecule has 0 fully saturated rings. The molecule has 6 nitrogen and oxygen atoms in total. The average Bonchev–Trinajstić information content (AvgIpc) is 2.94. The summed E-state index contributed by atoms with van der Waals surface area (Å²) in [5.41, 5.74) is 0.301. The topological polar surface area (TPSA) is 72.7 Å². The number of carbonyl (C=O) groups is 2. The number of ether oxygens (including phenoxy) is 1. The predicted molar refractivity (Wildman–Crippen MR) is 85.5 cm³/mol. The third-order valence-corrected chi connectivity index (χ3v) is 3.35. The van der Waals surface area contributed by atoms with Crippen molar-refractivity contribution in [2.24, 2.45) is 0 Å². The highest BCUT2D eigenvalue weighted by molar-refractivity contribution is 6.07. The molecular weight excluding hydrogens is 313 g/mol. The van der Waals surface area contributed by atoms with Gasteiger partial charge >= 0.3 is 5.97 Å². The Morgan fingerprint density at radius 1 is 1.21 bits per heavy atom. The van der Waals surface area contributed by atoms with Crippen molar-refractivity contribution in [2.75, 3.05) is 11.9 Å². The van der Waals surface area contributed by atoms with Gasteiger partial charge in [0.15, 0.2) is 11.5 Å². The molecule has 3 aromatic rings. The van der Waals surface area contributed by atoms with Crippen molar-refractivity contribution < 1.29 is 18.7 Å². The van der Waals surface area contributed by atoms with Gasteiger partial charge in [-0.2, -0.15) is 0 Å². The SMILES string of the molecule is CCOC(=O)c1nc2ccccn2c1NC(=O)c1ccccc1F. The van der Waals surface area contributed by atoms with Crippen LogP contribution in [-0.4, -0.2) is 27.9 Å². The second-order valence-corrected chi connectivity index (χ2v) is 4.89. The van der Waals surface area contributed by atoms with E-state index in [4.69, 9.17) is 4.74 Å². The van der Waals surface area contributed by atoms with Crippen LogP contribution in [0.1, 0.15) is 27.8 Å². The first kappa shape index (κ1) is 15.7. The zero-order valence-corrected chi connectivity index (χ0v) is 12.8. The molecule has 0 bridgehead atoms. The monoisotopic (exact) mass is 327 g/mol. The van der Waals surface area contributed by atoms with Crippen LogP contribution in [0.4, 0.5) is 10.2 Å². The lowest BCUT2D eigenvalue weighted by Crippen LogP contribution is -2.18. The molecule has 1 N–H and O–H groups in total. The molecule has 3 rings (SSSR count). The molecule has 1 aromatic carbocycles. The molecule has 24 heavy (non-hydrogen) atoms. The molecule has 1 amide bonds. The number of pyridine rings is 1. The minimum atomic E-state index is -0.677. The lowest BCUT2D eigenvalue weighted by Gasteiger charge is -2.08. The fraction of sp³-hybridized carbons (Fsp3) is 0.118. The van der Waals surface area contributed by atoms with E-state index in [1.54, 1.807) is 37.4 Å². The molecular formula is C17H14FN3O3. The third-order valence-electron chi connectivity index (χ3n) is 3.35. The number of rotatable bonds is 4. The number of imidazole rings is 1. The van der Waals surface area contributed by atoms with E-state index in [1.807, 2.05) is 0 Å². The number of nitrogens with zero attached hydrogens (tertiary/aromatic N) is 2. The standard InChI is InChI=1S/C17H14FN3O3/c1-2-24-17(23)14-15(21-10-6-5-9-13(21)19-14)20-16(22)11-7-3-4-8-12(11)18/h3-10H,2H2,1H3,(H,20,22). The van der Waals surface area contributed by atoms with Crippen molar-refractivity contribution in [2.45, 2.75) is 6.92 Å². The maximum Gasteiger partial charge on any atom is 0.360 e. The molecule has 0 aliphatic heterocycles. The third kappa shape index (κ3) is 2.83. The highest BCUT2D eigenvalue weighted by atomic mass is 19.1. The summed E-state index contributed by atoms with van der Waals surface area (Å²) >= 11 is 0. The van der Waals surface area contributed by atoms with E-state index in [9.17, 15) is 14.0 Å². The Balaban J connectivity index is 2.04. The van der Waals surface area contributed by atoms with E-state index in [2.05, 4.69) is 10.3 Å². The molecule has 0 unspecified atom stereocenters. The molecule has 0 saturated carbocycles. The molecule has 122 valence electrons. The van der Waals surface area contributed by atoms with Crippen LogP contribution in [0.15, 0.2) is 48.7 Å². The Kier molecular flexibility index (Phi) is 4.24. The minimum absolute atomic E-state index is 0.0345. The number of halogens is 1. The van der Waals surface area contributed by atoms with E-state index in [0.717, 1.165) is 0 Å². The zero-order valence-electron chi connectivity index (χ0n) is 12.8. The maximum absolute atomic E-state index is 13.8. The Morgan fingerprint density at radius 2 is 1.96 bits per heavy atom. The van der Waals surface area contributed by atoms with Gasteiger partial charge in [-0.15, -0.1) is 0 Å². The lowest BCUT2D eigenvalue weighted by molar-refractivity contribution is 0.0521. The van der Waals surface area contributed by atoms with Crippen molar-refractivity contribution in [3.8, 4) is 0 Å². The van der Waals surface area contributed by atoms with Crippen LogP contribution in [0.5, 0.6) is 0 Å². The number of fused-ring (bicyclic) bond motifs is 1. The van der Waals surface area contributed by atoms with Gasteiger partial charge in [-0.3, -0.25) is 9.20 Å². The highest BCUT2D eigenvalue weighted by Gasteiger charge is 2.23. The van der Waals surface area contributed by atoms with Crippen molar-refractivity contribution in [1.29, 1.82) is 0 Å². The summed E-state index contributed by atoms with van der Waals surface area (Å²) in [6.07, 6.45) is 1.64. The molecule has 0 radical (unpaired) electrons. The van der Waals surface area contributed by atoms with Crippen LogP contribution in [0, 0.1) is 5.82 Å². The first-order chi connectivity index (χ1) is 11.6. The van der Waals surface area contributed by atoms with Crippen LogP contribution in [0.2, 0.25) is 0 Å². The summed E-state index contributed by atoms with van der Waals surface area (Å²) in [6.45, 7) is 1.85. The van der Waals surface area contributed by atoms with Gasteiger partial charge in [0.1, 0.15) is 11.5 Å². The zero-order chi connectivity index (χ0) is 17.1. The number of anilines is 1. The van der Waals surface area contributed by atoms with Crippen LogP contribution in [0.25, 0.3) is 5.65 Å². The second kappa shape index (κ2) is 6.49. The van der Waals surface area contributed by atoms with Crippen molar-refractivity contribution in [1.82, 2.24) is 9.38 Å². The van der Waals surface area contributed by atoms with Gasteiger partial charge in [-0.25, -0.2) is 14.2 Å². The minimum Gasteiger partial charge on any atom is -0.461 e. The normalized spacial score (nSPS) is 10.6. The van der Waals surface area contributed by atoms with Crippen molar-refractivity contribution in [3.05, 3.63) is 65.7 Å². The van der Waals surface area contributed by atoms with Gasteiger partial charge in [0.2, 0.25) is 0 Å². The summed E-state index contributed by atoms with van der Waals surface area (Å²) in [5.74, 6) is -1.85. The smallest absolute Gasteiger partial charge is 0.360 e. The van der Waals surface area contributed by atoms with Crippen LogP contribution < -0.4 is 5.32 Å². The van der Waals surface area contributed by atoms with E-state index in [-0.39, 0.29) is 23.7 Å². The molecule has 0 atom stereocenters. The van der Waals surface area contributed by atoms with Gasteiger partial charge in [0, 0.05) is 6.20 Å². The average molecular weight is 327 g/mol. The van der Waals surface area contributed by atoms with E-state index < -0.39 is 17.7 Å². The number of hydrogen-bond acceptors (Lipinski definition) is 4. The Labute approximate surface area is 136 Å². The molecule has 0 spiro atoms. The highest BCUT2D eigenvalue weighted by Crippen LogP contribution is 2.20. The lowest BCUT2D eigenvalue weighted by atomic mass is 10.2. The number of amides is 1. The fourth-order valence-corrected chi connectivity index (χ4v) is 2.28. The first-order valence-corrected chi connectivity index (χ1v) is 7.32. The number of esters is 1. The first-order valence-electron chi connectivity index (χ1n) is 7.32. The fourth-order valence-electron chi connectivity index (χ4n) is 2.28. The summed E-state index contributed by atoms with van der Waals surface area (Å²) in [6, 6.07) is 10.8. The van der Waals surface area contributed by atoms with E-state index in [1.165, 1.54) is 22.6 Å². The number of carbonyl (C=O) groups excluding carboxylic acids is 2. The summed E-state index contributed by atoms with van der Waals surface area (Å²) < 4.78 is 20.3. The summed E-state index contributed by atoms with van der Waals surface area (Å²) in [5, 5.41) is 2.55. The van der Waals surface area contributed by atoms with Crippen LogP contribution >= 0.6 is 0 Å². The van der Waals surface area contributed by atoms with Crippen LogP contribution in [0.3, 0.4) is 0 Å². The molecule has 7 heteroatoms. The maximum atomic E-state index is 13.8. The van der Waals surface area contributed by atoms with Crippen molar-refractivity contribution in [3.63, 3.8) is 0 Å². The van der Waals surface area contributed by atoms with E-state index >= 15 is 0 Å². The Morgan fingerprint density at radius 3 is 2.71 bits per heavy atom. The predicted octanol–water partition coefficient (Wildman–Crippen LogP) is 2.90. The summed E-state index contributed by atoms with van der Waals surface area (Å²) in [7, 11) is 0. The van der Waals surface area contributed by atoms with Gasteiger partial charge in [-0.1, -0.05) is 18.2 Å². The van der Waals surface area contributed by atoms with Gasteiger partial charge in [0.05, 0.1) is 12.2 Å². The summed E-state index contributed by atoms with van der Waals surface area (Å²) in [4.78, 5) is 28.6. The Hall–Kier alpha value is -3.22. The molecule has 2 aromatic heterocycles. The largest absolute Gasteiger partial charge is 0.461 e. The number of aromatic nitrogens is 2. The second-order valence-electron chi connectivity index (χ2n) is 4.89. The van der Waals surface area contributed by atoms with E-state index in [0.29, 0.717) is 5.65 Å². The molecule has 2 heterocycles.